The maximum Gasteiger partial charge on any atom is 0.407 e. The molecule has 3 saturated carbocycles. The topological polar surface area (TPSA) is 63.0 Å². The fourth-order valence-corrected chi connectivity index (χ4v) is 10.3. The van der Waals surface area contributed by atoms with Crippen LogP contribution in [0.5, 0.6) is 0 Å². The Morgan fingerprint density at radius 3 is 2.45 bits per heavy atom. The molecule has 4 rings (SSSR count). The van der Waals surface area contributed by atoms with Crippen molar-refractivity contribution in [3.63, 3.8) is 0 Å². The van der Waals surface area contributed by atoms with Crippen molar-refractivity contribution in [2.75, 3.05) is 32.8 Å². The van der Waals surface area contributed by atoms with E-state index in [-0.39, 0.29) is 24.2 Å². The maximum absolute atomic E-state index is 12.7. The van der Waals surface area contributed by atoms with Crippen molar-refractivity contribution in [2.24, 2.45) is 52.3 Å². The highest BCUT2D eigenvalue weighted by Crippen LogP contribution is 2.67. The molecule has 1 amide bonds. The summed E-state index contributed by atoms with van der Waals surface area (Å²) in [6.07, 6.45) is 17.6. The molecule has 42 heavy (non-hydrogen) atoms. The molecule has 5 heteroatoms. The van der Waals surface area contributed by atoms with Gasteiger partial charge >= 0.3 is 6.09 Å². The molecule has 5 nitrogen and oxygen atoms in total. The number of aliphatic hydroxyl groups excluding tert-OH is 1. The van der Waals surface area contributed by atoms with E-state index in [0.29, 0.717) is 17.9 Å². The predicted molar refractivity (Wildman–Crippen MR) is 173 cm³/mol. The summed E-state index contributed by atoms with van der Waals surface area (Å²) in [5.74, 6) is 5.77. The van der Waals surface area contributed by atoms with Crippen LogP contribution in [0.4, 0.5) is 4.79 Å². The Hall–Kier alpha value is -1.07. The standard InChI is InChI=1S/C37H66N2O3/c1-26(2)9-8-10-28(5)32-13-14-33-31-12-11-29-25-30(15-18-36(29,6)34(31)16-19-37(32,33)7)42-35(41)38-20-22-39(23-24-40)21-17-27(3)4/h11,26-28,30-34,40H,8-10,12-25H2,1-7H3,(H,38,41)/p+1/t28-,30+,31+,32-,33+,34+,36+,37-/m1/s1. The number of quaternary nitrogens is 1. The van der Waals surface area contributed by atoms with Crippen molar-refractivity contribution in [1.29, 1.82) is 0 Å². The van der Waals surface area contributed by atoms with Gasteiger partial charge in [0.2, 0.25) is 0 Å². The zero-order valence-corrected chi connectivity index (χ0v) is 28.5. The van der Waals surface area contributed by atoms with E-state index in [1.807, 2.05) is 0 Å². The number of allylic oxidation sites excluding steroid dienone is 1. The molecule has 0 spiro atoms. The highest BCUT2D eigenvalue weighted by Gasteiger charge is 2.59. The van der Waals surface area contributed by atoms with E-state index < -0.39 is 0 Å². The minimum absolute atomic E-state index is 0.000821. The van der Waals surface area contributed by atoms with Crippen LogP contribution in [0.3, 0.4) is 0 Å². The summed E-state index contributed by atoms with van der Waals surface area (Å²) < 4.78 is 5.98. The second-order valence-electron chi connectivity index (χ2n) is 16.4. The Balaban J connectivity index is 1.29. The number of rotatable bonds is 14. The third-order valence-electron chi connectivity index (χ3n) is 12.8. The maximum atomic E-state index is 12.7. The van der Waals surface area contributed by atoms with Crippen molar-refractivity contribution in [1.82, 2.24) is 5.32 Å². The molecular formula is C37H67N2O3+. The lowest BCUT2D eigenvalue weighted by molar-refractivity contribution is -0.899. The van der Waals surface area contributed by atoms with Crippen LogP contribution in [0, 0.1) is 52.3 Å². The minimum Gasteiger partial charge on any atom is -0.446 e. The monoisotopic (exact) mass is 588 g/mol. The Labute approximate surface area is 259 Å². The lowest BCUT2D eigenvalue weighted by Gasteiger charge is -2.58. The first-order valence-corrected chi connectivity index (χ1v) is 18.1. The van der Waals surface area contributed by atoms with Crippen molar-refractivity contribution >= 4 is 6.09 Å². The fraction of sp³-hybridized carbons (Fsp3) is 0.919. The summed E-state index contributed by atoms with van der Waals surface area (Å²) in [7, 11) is 0. The van der Waals surface area contributed by atoms with Crippen LogP contribution >= 0.6 is 0 Å². The number of carbonyl (C=O) groups excluding carboxylic acids is 1. The smallest absolute Gasteiger partial charge is 0.407 e. The summed E-state index contributed by atoms with van der Waals surface area (Å²) >= 11 is 0. The molecule has 4 aliphatic rings. The Kier molecular flexibility index (Phi) is 11.9. The van der Waals surface area contributed by atoms with Gasteiger partial charge in [-0.05, 0) is 104 Å². The van der Waals surface area contributed by atoms with Crippen molar-refractivity contribution < 1.29 is 19.5 Å². The molecule has 242 valence electrons. The lowest BCUT2D eigenvalue weighted by atomic mass is 9.47. The molecule has 1 unspecified atom stereocenters. The van der Waals surface area contributed by atoms with Gasteiger partial charge in [0.05, 0.1) is 26.2 Å². The first kappa shape index (κ1) is 33.8. The number of carbonyl (C=O) groups is 1. The first-order valence-electron chi connectivity index (χ1n) is 18.1. The van der Waals surface area contributed by atoms with Gasteiger partial charge in [0.15, 0.2) is 0 Å². The van der Waals surface area contributed by atoms with E-state index in [4.69, 9.17) is 4.74 Å². The van der Waals surface area contributed by atoms with Crippen LogP contribution < -0.4 is 10.2 Å². The molecule has 3 N–H and O–H groups in total. The van der Waals surface area contributed by atoms with Crippen LogP contribution in [0.2, 0.25) is 0 Å². The van der Waals surface area contributed by atoms with E-state index in [1.165, 1.54) is 56.3 Å². The van der Waals surface area contributed by atoms with E-state index in [1.54, 1.807) is 5.57 Å². The Morgan fingerprint density at radius 1 is 0.976 bits per heavy atom. The van der Waals surface area contributed by atoms with Crippen LogP contribution in [0.15, 0.2) is 11.6 Å². The van der Waals surface area contributed by atoms with Gasteiger partial charge in [0.1, 0.15) is 12.6 Å². The van der Waals surface area contributed by atoms with E-state index in [2.05, 4.69) is 59.9 Å². The molecule has 0 radical (unpaired) electrons. The van der Waals surface area contributed by atoms with Gasteiger partial charge in [0, 0.05) is 6.42 Å². The van der Waals surface area contributed by atoms with Gasteiger partial charge < -0.3 is 20.1 Å². The number of hydrogen-bond donors (Lipinski definition) is 3. The van der Waals surface area contributed by atoms with Gasteiger partial charge in [-0.1, -0.05) is 79.4 Å². The quantitative estimate of drug-likeness (QED) is 0.191. The Morgan fingerprint density at radius 2 is 1.74 bits per heavy atom. The summed E-state index contributed by atoms with van der Waals surface area (Å²) in [6, 6.07) is 0. The van der Waals surface area contributed by atoms with E-state index in [0.717, 1.165) is 80.8 Å². The van der Waals surface area contributed by atoms with E-state index >= 15 is 0 Å². The normalized spacial score (nSPS) is 35.7. The van der Waals surface area contributed by atoms with Gasteiger partial charge in [-0.15, -0.1) is 0 Å². The number of alkyl carbamates (subject to hydrolysis) is 1. The van der Waals surface area contributed by atoms with Crippen LogP contribution in [-0.2, 0) is 4.74 Å². The lowest BCUT2D eigenvalue weighted by Crippen LogP contribution is -3.13. The van der Waals surface area contributed by atoms with Gasteiger partial charge in [-0.25, -0.2) is 4.79 Å². The first-order chi connectivity index (χ1) is 20.0. The molecule has 0 saturated heterocycles. The van der Waals surface area contributed by atoms with Crippen molar-refractivity contribution in [3.05, 3.63) is 11.6 Å². The molecule has 0 heterocycles. The second kappa shape index (κ2) is 14.8. The third kappa shape index (κ3) is 7.76. The summed E-state index contributed by atoms with van der Waals surface area (Å²) in [4.78, 5) is 14.1. The van der Waals surface area contributed by atoms with Crippen LogP contribution in [0.1, 0.15) is 126 Å². The number of aliphatic hydroxyl groups is 1. The molecule has 0 aromatic heterocycles. The average molecular weight is 588 g/mol. The summed E-state index contributed by atoms with van der Waals surface area (Å²) in [5.41, 5.74) is 2.40. The van der Waals surface area contributed by atoms with Gasteiger partial charge in [0.25, 0.3) is 0 Å². The minimum atomic E-state index is -0.266. The molecule has 3 fully saturated rings. The SMILES string of the molecule is CC(C)CCC[C@@H](C)[C@H]1CC[C@H]2[C@@H]3CC=C4C[C@@H](OC(=O)NCC[NH+](CCO)CCC(C)C)CC[C@]4(C)[C@H]3CC[C@]12C. The van der Waals surface area contributed by atoms with E-state index in [9.17, 15) is 9.90 Å². The van der Waals surface area contributed by atoms with Crippen molar-refractivity contribution in [3.8, 4) is 0 Å². The second-order valence-corrected chi connectivity index (χ2v) is 16.4. The molecule has 0 bridgehead atoms. The largest absolute Gasteiger partial charge is 0.446 e. The molecule has 0 aromatic carbocycles. The number of hydrogen-bond acceptors (Lipinski definition) is 3. The molecular weight excluding hydrogens is 520 g/mol. The number of nitrogens with one attached hydrogen (secondary N) is 2. The summed E-state index contributed by atoms with van der Waals surface area (Å²) in [5, 5.41) is 12.4. The van der Waals surface area contributed by atoms with Crippen molar-refractivity contribution in [2.45, 2.75) is 132 Å². The predicted octanol–water partition coefficient (Wildman–Crippen LogP) is 7.05. The zero-order valence-electron chi connectivity index (χ0n) is 28.5. The average Bonchev–Trinajstić information content (AvgIpc) is 3.29. The highest BCUT2D eigenvalue weighted by molar-refractivity contribution is 5.67. The molecule has 0 aromatic rings. The van der Waals surface area contributed by atoms with Crippen LogP contribution in [-0.4, -0.2) is 50.1 Å². The third-order valence-corrected chi connectivity index (χ3v) is 12.8. The fourth-order valence-electron chi connectivity index (χ4n) is 10.3. The van der Waals surface area contributed by atoms with Gasteiger partial charge in [-0.2, -0.15) is 0 Å². The van der Waals surface area contributed by atoms with Gasteiger partial charge in [-0.3, -0.25) is 0 Å². The molecule has 4 aliphatic carbocycles. The molecule has 0 aliphatic heterocycles. The highest BCUT2D eigenvalue weighted by atomic mass is 16.6. The van der Waals surface area contributed by atoms with Crippen LogP contribution in [0.25, 0.3) is 0 Å². The summed E-state index contributed by atoms with van der Waals surface area (Å²) in [6.45, 7) is 20.4. The zero-order chi connectivity index (χ0) is 30.5. The number of fused-ring (bicyclic) bond motifs is 5. The number of ether oxygens (including phenoxy) is 1. The number of amides is 1. The molecule has 9 atom stereocenters. The Bertz CT molecular complexity index is 901.